The standard InChI is InChI=1S/C13H23N3O2S/c1-13(2,3)15-10-9-14-11-7-5-6-8-12(11)16-19(4,17)18/h5-8,14-16H,9-10H2,1-4H3. The number of nitrogens with one attached hydrogen (secondary N) is 3. The molecule has 0 aliphatic rings. The second-order valence-electron chi connectivity index (χ2n) is 5.52. The van der Waals surface area contributed by atoms with E-state index in [1.807, 2.05) is 12.1 Å². The molecule has 1 rings (SSSR count). The molecule has 0 unspecified atom stereocenters. The Balaban J connectivity index is 2.59. The second kappa shape index (κ2) is 6.25. The van der Waals surface area contributed by atoms with E-state index in [1.54, 1.807) is 12.1 Å². The van der Waals surface area contributed by atoms with E-state index in [2.05, 4.69) is 36.1 Å². The number of hydrogen-bond donors (Lipinski definition) is 3. The summed E-state index contributed by atoms with van der Waals surface area (Å²) in [6, 6.07) is 7.25. The Kier molecular flexibility index (Phi) is 5.20. The van der Waals surface area contributed by atoms with Gasteiger partial charge in [-0.2, -0.15) is 0 Å². The smallest absolute Gasteiger partial charge is 0.229 e. The summed E-state index contributed by atoms with van der Waals surface area (Å²) in [5.74, 6) is 0. The monoisotopic (exact) mass is 285 g/mol. The number of rotatable bonds is 6. The predicted octanol–water partition coefficient (Wildman–Crippen LogP) is 1.86. The molecule has 0 radical (unpaired) electrons. The van der Waals surface area contributed by atoms with Crippen LogP contribution in [0.25, 0.3) is 0 Å². The minimum absolute atomic E-state index is 0.0756. The highest BCUT2D eigenvalue weighted by Crippen LogP contribution is 2.21. The lowest BCUT2D eigenvalue weighted by Crippen LogP contribution is -2.38. The van der Waals surface area contributed by atoms with E-state index in [1.165, 1.54) is 0 Å². The quantitative estimate of drug-likeness (QED) is 0.698. The van der Waals surface area contributed by atoms with Crippen molar-refractivity contribution in [2.24, 2.45) is 0 Å². The fourth-order valence-electron chi connectivity index (χ4n) is 1.56. The first-order valence-electron chi connectivity index (χ1n) is 6.23. The van der Waals surface area contributed by atoms with Crippen LogP contribution < -0.4 is 15.4 Å². The van der Waals surface area contributed by atoms with Crippen LogP contribution in [0.2, 0.25) is 0 Å². The van der Waals surface area contributed by atoms with Crippen molar-refractivity contribution in [3.05, 3.63) is 24.3 Å². The summed E-state index contributed by atoms with van der Waals surface area (Å²) in [7, 11) is -3.26. The number of sulfonamides is 1. The summed E-state index contributed by atoms with van der Waals surface area (Å²) in [6.07, 6.45) is 1.14. The van der Waals surface area contributed by atoms with Crippen molar-refractivity contribution in [1.29, 1.82) is 0 Å². The van der Waals surface area contributed by atoms with Crippen LogP contribution in [0.4, 0.5) is 11.4 Å². The molecule has 19 heavy (non-hydrogen) atoms. The van der Waals surface area contributed by atoms with Crippen molar-refractivity contribution in [2.45, 2.75) is 26.3 Å². The SMILES string of the molecule is CC(C)(C)NCCNc1ccccc1NS(C)(=O)=O. The van der Waals surface area contributed by atoms with Crippen LogP contribution in [0.5, 0.6) is 0 Å². The Hall–Kier alpha value is -1.27. The summed E-state index contributed by atoms with van der Waals surface area (Å²) < 4.78 is 25.0. The fourth-order valence-corrected chi connectivity index (χ4v) is 2.14. The molecular formula is C13H23N3O2S. The molecular weight excluding hydrogens is 262 g/mol. The Labute approximate surface area is 115 Å². The summed E-state index contributed by atoms with van der Waals surface area (Å²) in [5.41, 5.74) is 1.43. The van der Waals surface area contributed by atoms with E-state index in [0.29, 0.717) is 5.69 Å². The molecule has 0 saturated carbocycles. The first-order valence-corrected chi connectivity index (χ1v) is 8.12. The molecule has 0 amide bonds. The van der Waals surface area contributed by atoms with Crippen molar-refractivity contribution in [3.63, 3.8) is 0 Å². The van der Waals surface area contributed by atoms with Gasteiger partial charge in [-0.3, -0.25) is 4.72 Å². The van der Waals surface area contributed by atoms with E-state index in [4.69, 9.17) is 0 Å². The molecule has 1 aromatic carbocycles. The Bertz CT molecular complexity index is 507. The number of para-hydroxylation sites is 2. The molecule has 0 saturated heterocycles. The van der Waals surface area contributed by atoms with Gasteiger partial charge in [-0.1, -0.05) is 12.1 Å². The summed E-state index contributed by atoms with van der Waals surface area (Å²) in [6.45, 7) is 7.83. The molecule has 5 nitrogen and oxygen atoms in total. The van der Waals surface area contributed by atoms with E-state index < -0.39 is 10.0 Å². The van der Waals surface area contributed by atoms with Crippen LogP contribution in [0.15, 0.2) is 24.3 Å². The van der Waals surface area contributed by atoms with Crippen molar-refractivity contribution in [3.8, 4) is 0 Å². The van der Waals surface area contributed by atoms with Crippen LogP contribution in [0.1, 0.15) is 20.8 Å². The van der Waals surface area contributed by atoms with Gasteiger partial charge in [0.15, 0.2) is 0 Å². The highest BCUT2D eigenvalue weighted by atomic mass is 32.2. The van der Waals surface area contributed by atoms with Gasteiger partial charge in [0.1, 0.15) is 0 Å². The minimum atomic E-state index is -3.26. The average molecular weight is 285 g/mol. The van der Waals surface area contributed by atoms with E-state index >= 15 is 0 Å². The maximum absolute atomic E-state index is 11.3. The van der Waals surface area contributed by atoms with Gasteiger partial charge >= 0.3 is 0 Å². The van der Waals surface area contributed by atoms with Gasteiger partial charge in [-0.05, 0) is 32.9 Å². The molecule has 0 bridgehead atoms. The number of benzene rings is 1. The maximum atomic E-state index is 11.3. The molecule has 3 N–H and O–H groups in total. The van der Waals surface area contributed by atoms with Gasteiger partial charge in [-0.25, -0.2) is 8.42 Å². The first kappa shape index (κ1) is 15.8. The van der Waals surface area contributed by atoms with Crippen molar-refractivity contribution in [2.75, 3.05) is 29.4 Å². The molecule has 0 aromatic heterocycles. The van der Waals surface area contributed by atoms with Gasteiger partial charge < -0.3 is 10.6 Å². The number of anilines is 2. The lowest BCUT2D eigenvalue weighted by Gasteiger charge is -2.21. The third-order valence-corrected chi connectivity index (χ3v) is 2.91. The van der Waals surface area contributed by atoms with Crippen molar-refractivity contribution in [1.82, 2.24) is 5.32 Å². The maximum Gasteiger partial charge on any atom is 0.229 e. The Morgan fingerprint density at radius 3 is 2.16 bits per heavy atom. The molecule has 0 aliphatic heterocycles. The van der Waals surface area contributed by atoms with Crippen LogP contribution in [0.3, 0.4) is 0 Å². The fraction of sp³-hybridized carbons (Fsp3) is 0.538. The zero-order valence-electron chi connectivity index (χ0n) is 11.9. The highest BCUT2D eigenvalue weighted by Gasteiger charge is 2.08. The molecule has 1 aromatic rings. The molecule has 0 aliphatic carbocycles. The lowest BCUT2D eigenvalue weighted by atomic mass is 10.1. The average Bonchev–Trinajstić information content (AvgIpc) is 2.23. The molecule has 0 atom stereocenters. The van der Waals surface area contributed by atoms with Crippen LogP contribution >= 0.6 is 0 Å². The van der Waals surface area contributed by atoms with Gasteiger partial charge in [0.05, 0.1) is 17.6 Å². The molecule has 0 spiro atoms. The van der Waals surface area contributed by atoms with Gasteiger partial charge in [-0.15, -0.1) is 0 Å². The largest absolute Gasteiger partial charge is 0.382 e. The van der Waals surface area contributed by atoms with Crippen LogP contribution in [-0.4, -0.2) is 33.3 Å². The highest BCUT2D eigenvalue weighted by molar-refractivity contribution is 7.92. The van der Waals surface area contributed by atoms with E-state index in [-0.39, 0.29) is 5.54 Å². The van der Waals surface area contributed by atoms with E-state index in [0.717, 1.165) is 25.0 Å². The zero-order chi connectivity index (χ0) is 14.5. The topological polar surface area (TPSA) is 70.2 Å². The van der Waals surface area contributed by atoms with Gasteiger partial charge in [0, 0.05) is 18.6 Å². The molecule has 0 fully saturated rings. The molecule has 108 valence electrons. The normalized spacial score (nSPS) is 12.2. The summed E-state index contributed by atoms with van der Waals surface area (Å²) in [5, 5.41) is 6.58. The molecule has 0 heterocycles. The summed E-state index contributed by atoms with van der Waals surface area (Å²) >= 11 is 0. The number of hydrogen-bond acceptors (Lipinski definition) is 4. The second-order valence-corrected chi connectivity index (χ2v) is 7.27. The van der Waals surface area contributed by atoms with Crippen LogP contribution in [0, 0.1) is 0 Å². The molecule has 6 heteroatoms. The third kappa shape index (κ3) is 7.03. The van der Waals surface area contributed by atoms with Crippen molar-refractivity contribution < 1.29 is 8.42 Å². The zero-order valence-corrected chi connectivity index (χ0v) is 12.8. The minimum Gasteiger partial charge on any atom is -0.382 e. The van der Waals surface area contributed by atoms with Gasteiger partial charge in [0.25, 0.3) is 0 Å². The van der Waals surface area contributed by atoms with Crippen LogP contribution in [-0.2, 0) is 10.0 Å². The lowest BCUT2D eigenvalue weighted by molar-refractivity contribution is 0.435. The third-order valence-electron chi connectivity index (χ3n) is 2.32. The summed E-state index contributed by atoms with van der Waals surface area (Å²) in [4.78, 5) is 0. The Morgan fingerprint density at radius 2 is 1.63 bits per heavy atom. The predicted molar refractivity (Wildman–Crippen MR) is 81.2 cm³/mol. The van der Waals surface area contributed by atoms with E-state index in [9.17, 15) is 8.42 Å². The van der Waals surface area contributed by atoms with Crippen molar-refractivity contribution >= 4 is 21.4 Å². The first-order chi connectivity index (χ1) is 8.67. The Morgan fingerprint density at radius 1 is 1.05 bits per heavy atom. The van der Waals surface area contributed by atoms with Gasteiger partial charge in [0.2, 0.25) is 10.0 Å².